The van der Waals surface area contributed by atoms with Crippen LogP contribution in [0.15, 0.2) is 59.6 Å². The Hall–Kier alpha value is -3.03. The number of aromatic hydroxyl groups is 1. The second-order valence-electron chi connectivity index (χ2n) is 6.34. The van der Waals surface area contributed by atoms with Crippen LogP contribution in [0.3, 0.4) is 0 Å². The maximum absolute atomic E-state index is 11.9. The van der Waals surface area contributed by atoms with Crippen LogP contribution in [0.2, 0.25) is 0 Å². The molecule has 0 amide bonds. The molecule has 1 unspecified atom stereocenters. The number of para-hydroxylation sites is 1. The maximum atomic E-state index is 11.9. The van der Waals surface area contributed by atoms with Crippen LogP contribution in [-0.4, -0.2) is 27.0 Å². The largest absolute Gasteiger partial charge is 0.493 e. The number of hydrogen-bond donors (Lipinski definition) is 2. The smallest absolute Gasteiger partial charge is 0.327 e. The van der Waals surface area contributed by atoms with Crippen molar-refractivity contribution in [1.29, 1.82) is 0 Å². The molecule has 2 aromatic carbocycles. The number of carboxylic acid groups (broad SMARTS) is 1. The van der Waals surface area contributed by atoms with Crippen LogP contribution in [0.1, 0.15) is 22.0 Å². The number of nitrogens with zero attached hydrogens (tertiary/aromatic N) is 2. The fourth-order valence-corrected chi connectivity index (χ4v) is 4.54. The number of hydrogen-bond acceptors (Lipinski definition) is 5. The van der Waals surface area contributed by atoms with Crippen molar-refractivity contribution in [2.24, 2.45) is 4.99 Å². The van der Waals surface area contributed by atoms with Gasteiger partial charge in [0.25, 0.3) is 0 Å². The summed E-state index contributed by atoms with van der Waals surface area (Å²) in [5, 5.41) is 20.5. The topological polar surface area (TPSA) is 74.8 Å². The minimum Gasteiger partial charge on any atom is -0.493 e. The summed E-state index contributed by atoms with van der Waals surface area (Å²) in [6.07, 6.45) is 3.76. The molecule has 0 fully saturated rings. The van der Waals surface area contributed by atoms with E-state index in [9.17, 15) is 15.0 Å². The zero-order valence-corrected chi connectivity index (χ0v) is 16.3. The lowest BCUT2D eigenvalue weighted by Gasteiger charge is -2.15. The summed E-state index contributed by atoms with van der Waals surface area (Å²) in [5.74, 6) is -1.18. The molecule has 28 heavy (non-hydrogen) atoms. The van der Waals surface area contributed by atoms with Gasteiger partial charge in [-0.3, -0.25) is 9.56 Å². The van der Waals surface area contributed by atoms with Crippen LogP contribution in [0.25, 0.3) is 11.6 Å². The molecule has 1 aromatic heterocycles. The molecule has 2 heterocycles. The van der Waals surface area contributed by atoms with E-state index < -0.39 is 12.0 Å². The van der Waals surface area contributed by atoms with Gasteiger partial charge in [-0.1, -0.05) is 48.5 Å². The molecule has 1 aliphatic rings. The van der Waals surface area contributed by atoms with Gasteiger partial charge in [-0.25, -0.2) is 4.79 Å². The number of aliphatic carboxylic acids is 1. The Morgan fingerprint density at radius 1 is 1.18 bits per heavy atom. The van der Waals surface area contributed by atoms with Crippen LogP contribution < -0.4 is 0 Å². The fourth-order valence-electron chi connectivity index (χ4n) is 3.18. The molecule has 0 aliphatic carbocycles. The Balaban J connectivity index is 1.73. The van der Waals surface area contributed by atoms with Crippen molar-refractivity contribution >= 4 is 53.1 Å². The van der Waals surface area contributed by atoms with Gasteiger partial charge in [-0.05, 0) is 29.9 Å². The SMILES string of the molecule is O=C(O)C(Cc1ccccc1)n1c(O)c(/C=C2\C=Nc3ccccc32)sc1=S. The molecule has 0 radical (unpaired) electrons. The first kappa shape index (κ1) is 18.3. The van der Waals surface area contributed by atoms with Crippen molar-refractivity contribution in [3.63, 3.8) is 0 Å². The van der Waals surface area contributed by atoms with Gasteiger partial charge in [0.05, 0.1) is 10.6 Å². The molecule has 5 nitrogen and oxygen atoms in total. The van der Waals surface area contributed by atoms with Crippen LogP contribution in [0.4, 0.5) is 5.69 Å². The average molecular weight is 409 g/mol. The number of carbonyl (C=O) groups is 1. The molecule has 2 N–H and O–H groups in total. The van der Waals surface area contributed by atoms with Crippen molar-refractivity contribution in [3.05, 3.63) is 74.6 Å². The lowest BCUT2D eigenvalue weighted by atomic mass is 10.1. The number of aromatic nitrogens is 1. The average Bonchev–Trinajstić information content (AvgIpc) is 3.22. The van der Waals surface area contributed by atoms with Gasteiger partial charge in [0.15, 0.2) is 3.95 Å². The molecule has 1 atom stereocenters. The quantitative estimate of drug-likeness (QED) is 0.575. The summed E-state index contributed by atoms with van der Waals surface area (Å²) >= 11 is 6.57. The summed E-state index contributed by atoms with van der Waals surface area (Å²) in [4.78, 5) is 16.8. The lowest BCUT2D eigenvalue weighted by molar-refractivity contribution is -0.141. The Morgan fingerprint density at radius 3 is 2.64 bits per heavy atom. The zero-order valence-electron chi connectivity index (χ0n) is 14.6. The third kappa shape index (κ3) is 3.42. The highest BCUT2D eigenvalue weighted by molar-refractivity contribution is 7.73. The van der Waals surface area contributed by atoms with E-state index in [-0.39, 0.29) is 12.3 Å². The summed E-state index contributed by atoms with van der Waals surface area (Å²) in [6.45, 7) is 0. The van der Waals surface area contributed by atoms with Crippen molar-refractivity contribution in [3.8, 4) is 5.88 Å². The molecule has 0 saturated heterocycles. The van der Waals surface area contributed by atoms with Crippen molar-refractivity contribution in [2.45, 2.75) is 12.5 Å². The molecule has 4 rings (SSSR count). The molecule has 0 spiro atoms. The monoisotopic (exact) mass is 408 g/mol. The summed E-state index contributed by atoms with van der Waals surface area (Å²) in [6, 6.07) is 16.0. The van der Waals surface area contributed by atoms with E-state index in [1.165, 1.54) is 15.9 Å². The molecule has 3 aromatic rings. The van der Waals surface area contributed by atoms with Gasteiger partial charge in [0, 0.05) is 23.8 Å². The van der Waals surface area contributed by atoms with Gasteiger partial charge in [-0.2, -0.15) is 0 Å². The number of fused-ring (bicyclic) bond motifs is 1. The fraction of sp³-hybridized carbons (Fsp3) is 0.0952. The Labute approximate surface area is 170 Å². The highest BCUT2D eigenvalue weighted by Gasteiger charge is 2.26. The molecule has 140 valence electrons. The summed E-state index contributed by atoms with van der Waals surface area (Å²) in [5.41, 5.74) is 3.54. The highest BCUT2D eigenvalue weighted by atomic mass is 32.1. The summed E-state index contributed by atoms with van der Waals surface area (Å²) < 4.78 is 1.63. The zero-order chi connectivity index (χ0) is 19.7. The Morgan fingerprint density at radius 2 is 1.89 bits per heavy atom. The predicted octanol–water partition coefficient (Wildman–Crippen LogP) is 5.11. The second kappa shape index (κ2) is 7.53. The number of rotatable bonds is 5. The maximum Gasteiger partial charge on any atom is 0.327 e. The van der Waals surface area contributed by atoms with Crippen molar-refractivity contribution < 1.29 is 15.0 Å². The molecule has 1 aliphatic heterocycles. The Bertz CT molecular complexity index is 1160. The van der Waals surface area contributed by atoms with Crippen LogP contribution >= 0.6 is 23.6 Å². The van der Waals surface area contributed by atoms with E-state index in [1.807, 2.05) is 54.6 Å². The second-order valence-corrected chi connectivity index (χ2v) is 8.02. The number of aliphatic imine (C=N–C) groups is 1. The molecular weight excluding hydrogens is 392 g/mol. The molecule has 0 saturated carbocycles. The van der Waals surface area contributed by atoms with Crippen LogP contribution in [-0.2, 0) is 11.2 Å². The van der Waals surface area contributed by atoms with Crippen LogP contribution in [0, 0.1) is 3.95 Å². The van der Waals surface area contributed by atoms with Gasteiger partial charge in [0.1, 0.15) is 6.04 Å². The van der Waals surface area contributed by atoms with Gasteiger partial charge >= 0.3 is 5.97 Å². The Kier molecular flexibility index (Phi) is 4.93. The third-order valence-electron chi connectivity index (χ3n) is 4.56. The van der Waals surface area contributed by atoms with E-state index in [4.69, 9.17) is 12.2 Å². The number of benzene rings is 2. The number of allylic oxidation sites excluding steroid dienone is 1. The first-order valence-electron chi connectivity index (χ1n) is 8.61. The van der Waals surface area contributed by atoms with E-state index in [0.29, 0.717) is 8.83 Å². The van der Waals surface area contributed by atoms with Crippen molar-refractivity contribution in [1.82, 2.24) is 4.57 Å². The highest BCUT2D eigenvalue weighted by Crippen LogP contribution is 2.37. The number of thiazole rings is 1. The van der Waals surface area contributed by atoms with Gasteiger partial charge in [-0.15, -0.1) is 11.3 Å². The first-order valence-corrected chi connectivity index (χ1v) is 9.83. The minimum atomic E-state index is -1.04. The van der Waals surface area contributed by atoms with E-state index in [0.717, 1.165) is 22.4 Å². The normalized spacial score (nSPS) is 14.9. The minimum absolute atomic E-state index is 0.136. The first-order chi connectivity index (χ1) is 13.5. The van der Waals surface area contributed by atoms with E-state index in [1.54, 1.807) is 12.3 Å². The summed E-state index contributed by atoms with van der Waals surface area (Å²) in [7, 11) is 0. The lowest BCUT2D eigenvalue weighted by Crippen LogP contribution is -2.21. The molecule has 7 heteroatoms. The van der Waals surface area contributed by atoms with Gasteiger partial charge in [0.2, 0.25) is 5.88 Å². The standard InChI is InChI=1S/C21H16N2O3S2/c24-19-18(11-14-12-22-16-9-5-4-8-15(14)16)28-21(27)23(19)17(20(25)26)10-13-6-2-1-3-7-13/h1-9,11-12,17,24H,10H2,(H,25,26)/b14-11+. The molecular formula is C21H16N2O3S2. The van der Waals surface area contributed by atoms with Crippen molar-refractivity contribution in [2.75, 3.05) is 0 Å². The van der Waals surface area contributed by atoms with Gasteiger partial charge < -0.3 is 10.2 Å². The van der Waals surface area contributed by atoms with Crippen LogP contribution in [0.5, 0.6) is 5.88 Å². The van der Waals surface area contributed by atoms with E-state index in [2.05, 4.69) is 4.99 Å². The predicted molar refractivity (Wildman–Crippen MR) is 114 cm³/mol. The number of carboxylic acids is 1. The van der Waals surface area contributed by atoms with E-state index >= 15 is 0 Å². The third-order valence-corrected chi connectivity index (χ3v) is 5.89. The molecule has 0 bridgehead atoms.